The van der Waals surface area contributed by atoms with Gasteiger partial charge < -0.3 is 4.74 Å². The lowest BCUT2D eigenvalue weighted by Gasteiger charge is -2.20. The van der Waals surface area contributed by atoms with Gasteiger partial charge in [0.15, 0.2) is 0 Å². The number of epoxide rings is 1. The van der Waals surface area contributed by atoms with E-state index < -0.39 is 0 Å². The third kappa shape index (κ3) is 0.360. The van der Waals surface area contributed by atoms with Crippen LogP contribution in [0.5, 0.6) is 0 Å². The number of ether oxygens (including phenoxy) is 1. The predicted molar refractivity (Wildman–Crippen MR) is 31.7 cm³/mol. The van der Waals surface area contributed by atoms with Crippen molar-refractivity contribution in [2.75, 3.05) is 0 Å². The average molecular weight is 110 g/mol. The van der Waals surface area contributed by atoms with Crippen molar-refractivity contribution in [3.8, 4) is 0 Å². The van der Waals surface area contributed by atoms with Gasteiger partial charge in [0.05, 0.1) is 5.60 Å². The molecule has 0 amide bonds. The Kier molecular flexibility index (Phi) is 0.662. The van der Waals surface area contributed by atoms with Crippen LogP contribution in [0.4, 0.5) is 0 Å². The zero-order valence-electron chi connectivity index (χ0n) is 4.89. The molecule has 1 nitrogen and oxygen atoms in total. The van der Waals surface area contributed by atoms with Crippen molar-refractivity contribution in [2.45, 2.75) is 31.0 Å². The molecule has 0 aromatic rings. The highest BCUT2D eigenvalue weighted by molar-refractivity contribution is 5.15. The number of rotatable bonds is 1. The molecule has 1 aliphatic heterocycles. The van der Waals surface area contributed by atoms with Gasteiger partial charge in [0, 0.05) is 0 Å². The summed E-state index contributed by atoms with van der Waals surface area (Å²) in [6, 6.07) is 0. The Balaban J connectivity index is 2.02. The lowest BCUT2D eigenvalue weighted by atomic mass is 9.82. The van der Waals surface area contributed by atoms with Crippen LogP contribution in [0, 0.1) is 0 Å². The van der Waals surface area contributed by atoms with Gasteiger partial charge >= 0.3 is 0 Å². The first-order valence-corrected chi connectivity index (χ1v) is 3.18. The quantitative estimate of drug-likeness (QED) is 0.368. The van der Waals surface area contributed by atoms with Crippen LogP contribution in [-0.2, 0) is 4.74 Å². The Hall–Kier alpha value is -0.300. The fraction of sp³-hybridized carbons (Fsp3) is 0.714. The number of hydrogen-bond donors (Lipinski definition) is 0. The van der Waals surface area contributed by atoms with Gasteiger partial charge in [-0.2, -0.15) is 0 Å². The van der Waals surface area contributed by atoms with Crippen molar-refractivity contribution in [3.63, 3.8) is 0 Å². The molecule has 1 saturated carbocycles. The van der Waals surface area contributed by atoms with Crippen LogP contribution in [0.3, 0.4) is 0 Å². The van der Waals surface area contributed by atoms with Crippen LogP contribution in [0.15, 0.2) is 12.7 Å². The molecule has 1 spiro atoms. The van der Waals surface area contributed by atoms with Crippen molar-refractivity contribution >= 4 is 0 Å². The van der Waals surface area contributed by atoms with E-state index in [1.165, 1.54) is 19.3 Å². The van der Waals surface area contributed by atoms with Crippen LogP contribution in [-0.4, -0.2) is 11.7 Å². The summed E-state index contributed by atoms with van der Waals surface area (Å²) in [6.45, 7) is 3.67. The van der Waals surface area contributed by atoms with Gasteiger partial charge in [-0.1, -0.05) is 6.08 Å². The standard InChI is InChI=1S/C7H10O/c1-2-6-7(8-6)4-3-5-7/h2,6H,1,3-5H2. The van der Waals surface area contributed by atoms with E-state index in [9.17, 15) is 0 Å². The monoisotopic (exact) mass is 110 g/mol. The summed E-state index contributed by atoms with van der Waals surface area (Å²) < 4.78 is 5.37. The molecule has 0 bridgehead atoms. The van der Waals surface area contributed by atoms with Gasteiger partial charge in [-0.15, -0.1) is 6.58 Å². The largest absolute Gasteiger partial charge is 0.362 e. The van der Waals surface area contributed by atoms with Crippen LogP contribution in [0.2, 0.25) is 0 Å². The Morgan fingerprint density at radius 3 is 2.50 bits per heavy atom. The van der Waals surface area contributed by atoms with Crippen LogP contribution in [0.1, 0.15) is 19.3 Å². The van der Waals surface area contributed by atoms with Gasteiger partial charge in [0.2, 0.25) is 0 Å². The predicted octanol–water partition coefficient (Wildman–Crippen LogP) is 1.49. The van der Waals surface area contributed by atoms with Crippen LogP contribution >= 0.6 is 0 Å². The zero-order valence-corrected chi connectivity index (χ0v) is 4.89. The highest BCUT2D eigenvalue weighted by Gasteiger charge is 2.58. The van der Waals surface area contributed by atoms with Crippen molar-refractivity contribution in [1.29, 1.82) is 0 Å². The Morgan fingerprint density at radius 2 is 2.38 bits per heavy atom. The smallest absolute Gasteiger partial charge is 0.105 e. The molecule has 0 aromatic carbocycles. The molecule has 1 aliphatic carbocycles. The lowest BCUT2D eigenvalue weighted by Crippen LogP contribution is -2.23. The fourth-order valence-electron chi connectivity index (χ4n) is 1.41. The summed E-state index contributed by atoms with van der Waals surface area (Å²) >= 11 is 0. The van der Waals surface area contributed by atoms with Crippen molar-refractivity contribution in [1.82, 2.24) is 0 Å². The zero-order chi connectivity index (χ0) is 5.61. The third-order valence-electron chi connectivity index (χ3n) is 2.24. The molecule has 2 rings (SSSR count). The lowest BCUT2D eigenvalue weighted by molar-refractivity contribution is 0.199. The van der Waals surface area contributed by atoms with Crippen LogP contribution < -0.4 is 0 Å². The van der Waals surface area contributed by atoms with E-state index in [1.54, 1.807) is 0 Å². The molecule has 1 unspecified atom stereocenters. The Morgan fingerprint density at radius 1 is 1.62 bits per heavy atom. The Bertz CT molecular complexity index is 124. The summed E-state index contributed by atoms with van der Waals surface area (Å²) in [4.78, 5) is 0. The molecule has 2 aliphatic rings. The summed E-state index contributed by atoms with van der Waals surface area (Å²) in [5, 5.41) is 0. The van der Waals surface area contributed by atoms with Gasteiger partial charge in [-0.25, -0.2) is 0 Å². The second-order valence-electron chi connectivity index (χ2n) is 2.69. The van der Waals surface area contributed by atoms with Gasteiger partial charge in [-0.05, 0) is 19.3 Å². The molecule has 0 N–H and O–H groups in total. The molecule has 2 fully saturated rings. The summed E-state index contributed by atoms with van der Waals surface area (Å²) in [5.74, 6) is 0. The molecular weight excluding hydrogens is 100 g/mol. The summed E-state index contributed by atoms with van der Waals surface area (Å²) in [7, 11) is 0. The molecule has 1 heterocycles. The maximum atomic E-state index is 5.37. The van der Waals surface area contributed by atoms with E-state index in [2.05, 4.69) is 6.58 Å². The van der Waals surface area contributed by atoms with Crippen molar-refractivity contribution < 1.29 is 4.74 Å². The molecule has 1 atom stereocenters. The molecule has 1 saturated heterocycles. The SMILES string of the molecule is C=CC1OC12CCC2. The second-order valence-corrected chi connectivity index (χ2v) is 2.69. The summed E-state index contributed by atoms with van der Waals surface area (Å²) in [5.41, 5.74) is 0.321. The van der Waals surface area contributed by atoms with E-state index in [4.69, 9.17) is 4.74 Å². The minimum absolute atomic E-state index is 0.321. The topological polar surface area (TPSA) is 12.5 Å². The molecule has 8 heavy (non-hydrogen) atoms. The van der Waals surface area contributed by atoms with E-state index in [0.29, 0.717) is 11.7 Å². The molecule has 1 heteroatoms. The normalized spacial score (nSPS) is 38.8. The molecular formula is C7H10O. The van der Waals surface area contributed by atoms with E-state index in [0.717, 1.165) is 0 Å². The van der Waals surface area contributed by atoms with E-state index in [1.807, 2.05) is 6.08 Å². The number of hydrogen-bond acceptors (Lipinski definition) is 1. The minimum Gasteiger partial charge on any atom is -0.362 e. The first kappa shape index (κ1) is 4.57. The first-order chi connectivity index (χ1) is 3.87. The van der Waals surface area contributed by atoms with E-state index >= 15 is 0 Å². The van der Waals surface area contributed by atoms with Crippen molar-refractivity contribution in [3.05, 3.63) is 12.7 Å². The maximum Gasteiger partial charge on any atom is 0.105 e. The van der Waals surface area contributed by atoms with Crippen LogP contribution in [0.25, 0.3) is 0 Å². The molecule has 0 aromatic heterocycles. The third-order valence-corrected chi connectivity index (χ3v) is 2.24. The van der Waals surface area contributed by atoms with Gasteiger partial charge in [0.1, 0.15) is 6.10 Å². The minimum atomic E-state index is 0.321. The highest BCUT2D eigenvalue weighted by atomic mass is 16.6. The van der Waals surface area contributed by atoms with Gasteiger partial charge in [-0.3, -0.25) is 0 Å². The molecule has 0 radical (unpaired) electrons. The molecule has 44 valence electrons. The Labute approximate surface area is 49.3 Å². The van der Waals surface area contributed by atoms with Gasteiger partial charge in [0.25, 0.3) is 0 Å². The maximum absolute atomic E-state index is 5.37. The summed E-state index contributed by atoms with van der Waals surface area (Å²) in [6.07, 6.45) is 6.22. The first-order valence-electron chi connectivity index (χ1n) is 3.18. The highest BCUT2D eigenvalue weighted by Crippen LogP contribution is 2.52. The fourth-order valence-corrected chi connectivity index (χ4v) is 1.41. The van der Waals surface area contributed by atoms with E-state index in [-0.39, 0.29) is 0 Å². The van der Waals surface area contributed by atoms with Crippen molar-refractivity contribution in [2.24, 2.45) is 0 Å². The second kappa shape index (κ2) is 1.16. The average Bonchev–Trinajstić information content (AvgIpc) is 2.36.